The fraction of sp³-hybridized carbons (Fsp3) is 0.235. The SMILES string of the molecule is CCC#N.CCc1cccc2c1[nH]c1ccccc12. The van der Waals surface area contributed by atoms with Gasteiger partial charge in [0, 0.05) is 28.2 Å². The standard InChI is InChI=1S/C14H13N.C3H5N/c1-2-10-6-5-8-12-11-7-3-4-9-13(11)15-14(10)12;1-2-3-4/h3-9,15H,2H2,1H3;2H2,1H3. The first-order valence-corrected chi connectivity index (χ1v) is 6.67. The van der Waals surface area contributed by atoms with Crippen molar-refractivity contribution in [3.05, 3.63) is 48.0 Å². The molecule has 3 aromatic rings. The number of fused-ring (bicyclic) bond motifs is 3. The second-order valence-corrected chi connectivity index (χ2v) is 4.38. The lowest BCUT2D eigenvalue weighted by molar-refractivity contribution is 1.15. The molecule has 0 unspecified atom stereocenters. The quantitative estimate of drug-likeness (QED) is 0.661. The van der Waals surface area contributed by atoms with Gasteiger partial charge in [-0.3, -0.25) is 0 Å². The van der Waals surface area contributed by atoms with E-state index in [1.165, 1.54) is 27.4 Å². The highest BCUT2D eigenvalue weighted by atomic mass is 14.7. The van der Waals surface area contributed by atoms with E-state index >= 15 is 0 Å². The summed E-state index contributed by atoms with van der Waals surface area (Å²) < 4.78 is 0. The van der Waals surface area contributed by atoms with E-state index in [4.69, 9.17) is 5.26 Å². The van der Waals surface area contributed by atoms with Crippen LogP contribution >= 0.6 is 0 Å². The number of hydrogen-bond donors (Lipinski definition) is 1. The zero-order chi connectivity index (χ0) is 13.7. The van der Waals surface area contributed by atoms with Crippen molar-refractivity contribution in [2.24, 2.45) is 0 Å². The molecule has 19 heavy (non-hydrogen) atoms. The molecule has 0 amide bonds. The van der Waals surface area contributed by atoms with Crippen LogP contribution in [0.3, 0.4) is 0 Å². The highest BCUT2D eigenvalue weighted by molar-refractivity contribution is 6.08. The van der Waals surface area contributed by atoms with Crippen LogP contribution < -0.4 is 0 Å². The van der Waals surface area contributed by atoms with Gasteiger partial charge in [0.05, 0.1) is 6.07 Å². The molecule has 0 spiro atoms. The summed E-state index contributed by atoms with van der Waals surface area (Å²) in [6, 6.07) is 16.9. The van der Waals surface area contributed by atoms with Crippen molar-refractivity contribution in [1.29, 1.82) is 5.26 Å². The zero-order valence-corrected chi connectivity index (χ0v) is 11.4. The first-order chi connectivity index (χ1) is 9.31. The number of benzene rings is 2. The van der Waals surface area contributed by atoms with Gasteiger partial charge in [-0.2, -0.15) is 5.26 Å². The van der Waals surface area contributed by atoms with Gasteiger partial charge in [-0.05, 0) is 18.1 Å². The van der Waals surface area contributed by atoms with Crippen LogP contribution in [0.5, 0.6) is 0 Å². The average molecular weight is 250 g/mol. The van der Waals surface area contributed by atoms with E-state index in [0.717, 1.165) is 6.42 Å². The van der Waals surface area contributed by atoms with Crippen LogP contribution in [0.15, 0.2) is 42.5 Å². The van der Waals surface area contributed by atoms with Gasteiger partial charge in [-0.1, -0.05) is 50.2 Å². The third kappa shape index (κ3) is 2.61. The Bertz CT molecular complexity index is 717. The van der Waals surface area contributed by atoms with Crippen molar-refractivity contribution in [2.75, 3.05) is 0 Å². The predicted molar refractivity (Wildman–Crippen MR) is 81.1 cm³/mol. The zero-order valence-electron chi connectivity index (χ0n) is 11.4. The molecule has 0 aliphatic carbocycles. The topological polar surface area (TPSA) is 39.6 Å². The summed E-state index contributed by atoms with van der Waals surface area (Å²) in [6.07, 6.45) is 1.70. The number of aromatic amines is 1. The summed E-state index contributed by atoms with van der Waals surface area (Å²) in [4.78, 5) is 3.50. The molecule has 1 aromatic heterocycles. The number of H-pyrrole nitrogens is 1. The van der Waals surface area contributed by atoms with Crippen LogP contribution in [0.2, 0.25) is 0 Å². The van der Waals surface area contributed by atoms with E-state index < -0.39 is 0 Å². The molecule has 1 N–H and O–H groups in total. The Morgan fingerprint density at radius 1 is 1.00 bits per heavy atom. The summed E-state index contributed by atoms with van der Waals surface area (Å²) >= 11 is 0. The molecule has 0 aliphatic heterocycles. The third-order valence-electron chi connectivity index (χ3n) is 3.17. The molecule has 0 saturated carbocycles. The Kier molecular flexibility index (Phi) is 4.20. The van der Waals surface area contributed by atoms with Gasteiger partial charge >= 0.3 is 0 Å². The van der Waals surface area contributed by atoms with E-state index in [0.29, 0.717) is 6.42 Å². The van der Waals surface area contributed by atoms with Gasteiger partial charge in [0.15, 0.2) is 0 Å². The van der Waals surface area contributed by atoms with E-state index in [2.05, 4.69) is 54.4 Å². The van der Waals surface area contributed by atoms with Crippen molar-refractivity contribution in [2.45, 2.75) is 26.7 Å². The minimum atomic E-state index is 0.625. The van der Waals surface area contributed by atoms with Crippen LogP contribution in [0.25, 0.3) is 21.8 Å². The van der Waals surface area contributed by atoms with Crippen LogP contribution in [0.4, 0.5) is 0 Å². The third-order valence-corrected chi connectivity index (χ3v) is 3.17. The fourth-order valence-electron chi connectivity index (χ4n) is 2.23. The Balaban J connectivity index is 0.000000297. The molecule has 2 heteroatoms. The molecular weight excluding hydrogens is 232 g/mol. The van der Waals surface area contributed by atoms with Crippen LogP contribution in [0, 0.1) is 11.3 Å². The number of nitrogens with zero attached hydrogens (tertiary/aromatic N) is 1. The lowest BCUT2D eigenvalue weighted by Crippen LogP contribution is -1.80. The molecule has 0 saturated heterocycles. The fourth-order valence-corrected chi connectivity index (χ4v) is 2.23. The maximum atomic E-state index is 7.62. The van der Waals surface area contributed by atoms with E-state index in [1.807, 2.05) is 13.0 Å². The molecule has 1 heterocycles. The number of aryl methyl sites for hydroxylation is 1. The Morgan fingerprint density at radius 3 is 2.37 bits per heavy atom. The van der Waals surface area contributed by atoms with Gasteiger partial charge in [0.2, 0.25) is 0 Å². The lowest BCUT2D eigenvalue weighted by atomic mass is 10.1. The molecule has 0 radical (unpaired) electrons. The number of nitrogens with one attached hydrogen (secondary N) is 1. The predicted octanol–water partition coefficient (Wildman–Crippen LogP) is 4.80. The van der Waals surface area contributed by atoms with Crippen LogP contribution in [-0.2, 0) is 6.42 Å². The number of hydrogen-bond acceptors (Lipinski definition) is 1. The monoisotopic (exact) mass is 250 g/mol. The second kappa shape index (κ2) is 6.06. The first kappa shape index (κ1) is 13.2. The van der Waals surface area contributed by atoms with Gasteiger partial charge < -0.3 is 4.98 Å². The summed E-state index contributed by atoms with van der Waals surface area (Å²) in [5, 5.41) is 10.3. The van der Waals surface area contributed by atoms with Crippen molar-refractivity contribution in [1.82, 2.24) is 4.98 Å². The van der Waals surface area contributed by atoms with E-state index in [1.54, 1.807) is 0 Å². The highest BCUT2D eigenvalue weighted by Crippen LogP contribution is 2.27. The highest BCUT2D eigenvalue weighted by Gasteiger charge is 2.05. The molecule has 2 aromatic carbocycles. The Labute approximate surface area is 113 Å². The first-order valence-electron chi connectivity index (χ1n) is 6.67. The smallest absolute Gasteiger partial charge is 0.0618 e. The minimum Gasteiger partial charge on any atom is -0.354 e. The number of aromatic nitrogens is 1. The molecule has 0 aliphatic rings. The van der Waals surface area contributed by atoms with Gasteiger partial charge in [0.1, 0.15) is 0 Å². The number of para-hydroxylation sites is 2. The maximum Gasteiger partial charge on any atom is 0.0618 e. The molecular formula is C17H18N2. The minimum absolute atomic E-state index is 0.625. The van der Waals surface area contributed by atoms with Crippen molar-refractivity contribution in [3.63, 3.8) is 0 Å². The molecule has 0 fully saturated rings. The van der Waals surface area contributed by atoms with E-state index in [9.17, 15) is 0 Å². The van der Waals surface area contributed by atoms with Crippen molar-refractivity contribution in [3.8, 4) is 6.07 Å². The molecule has 3 rings (SSSR count). The van der Waals surface area contributed by atoms with Gasteiger partial charge in [0.25, 0.3) is 0 Å². The summed E-state index contributed by atoms with van der Waals surface area (Å²) in [6.45, 7) is 4.01. The van der Waals surface area contributed by atoms with Gasteiger partial charge in [-0.25, -0.2) is 0 Å². The summed E-state index contributed by atoms with van der Waals surface area (Å²) in [5.41, 5.74) is 3.92. The maximum absolute atomic E-state index is 7.62. The van der Waals surface area contributed by atoms with Crippen molar-refractivity contribution < 1.29 is 0 Å². The largest absolute Gasteiger partial charge is 0.354 e. The molecule has 0 bridgehead atoms. The second-order valence-electron chi connectivity index (χ2n) is 4.38. The van der Waals surface area contributed by atoms with Crippen molar-refractivity contribution >= 4 is 21.8 Å². The Morgan fingerprint density at radius 2 is 1.68 bits per heavy atom. The molecule has 96 valence electrons. The number of nitriles is 1. The Hall–Kier alpha value is -2.27. The number of rotatable bonds is 1. The molecule has 0 atom stereocenters. The van der Waals surface area contributed by atoms with Crippen LogP contribution in [-0.4, -0.2) is 4.98 Å². The van der Waals surface area contributed by atoms with Gasteiger partial charge in [-0.15, -0.1) is 0 Å². The lowest BCUT2D eigenvalue weighted by Gasteiger charge is -1.97. The summed E-state index contributed by atoms with van der Waals surface area (Å²) in [5.74, 6) is 0. The summed E-state index contributed by atoms with van der Waals surface area (Å²) in [7, 11) is 0. The van der Waals surface area contributed by atoms with E-state index in [-0.39, 0.29) is 0 Å². The average Bonchev–Trinajstić information content (AvgIpc) is 2.86. The normalized spacial score (nSPS) is 9.95. The van der Waals surface area contributed by atoms with Crippen LogP contribution in [0.1, 0.15) is 25.8 Å². The molecule has 2 nitrogen and oxygen atoms in total.